The number of ether oxygens (including phenoxy) is 3. The number of hydrogen-bond acceptors (Lipinski definition) is 7. The fourth-order valence-electron chi connectivity index (χ4n) is 1.62. The summed E-state index contributed by atoms with van der Waals surface area (Å²) in [4.78, 5) is 11.6. The minimum Gasteiger partial charge on any atom is -0.462 e. The van der Waals surface area contributed by atoms with Gasteiger partial charge in [0.2, 0.25) is 0 Å². The second-order valence-corrected chi connectivity index (χ2v) is 5.60. The van der Waals surface area contributed by atoms with Crippen molar-refractivity contribution >= 4 is 5.97 Å². The van der Waals surface area contributed by atoms with E-state index in [9.17, 15) is 20.1 Å². The van der Waals surface area contributed by atoms with Crippen molar-refractivity contribution in [2.24, 2.45) is 5.41 Å². The second kappa shape index (κ2) is 6.15. The Bertz CT molecular complexity index is 310. The molecular formula is C12H22O7. The van der Waals surface area contributed by atoms with Crippen LogP contribution < -0.4 is 0 Å². The largest absolute Gasteiger partial charge is 0.462 e. The Labute approximate surface area is 112 Å². The van der Waals surface area contributed by atoms with Gasteiger partial charge in [-0.25, -0.2) is 0 Å². The van der Waals surface area contributed by atoms with E-state index in [1.807, 2.05) is 0 Å². The number of carbonyl (C=O) groups is 1. The summed E-state index contributed by atoms with van der Waals surface area (Å²) in [6.45, 7) is 4.87. The standard InChI is InChI=1S/C12H22O7/c1-12(2,3)11(16)18-5-6-7(13)8(14)9(15)10(17-4)19-6/h6-10,13-15H,5H2,1-4H3/t6-,7-,8+,9+,10+/m1/s1. The van der Waals surface area contributed by atoms with Crippen LogP contribution in [0.4, 0.5) is 0 Å². The van der Waals surface area contributed by atoms with Crippen molar-refractivity contribution < 1.29 is 34.3 Å². The molecule has 0 spiro atoms. The minimum atomic E-state index is -1.42. The lowest BCUT2D eigenvalue weighted by atomic mass is 9.97. The van der Waals surface area contributed by atoms with Gasteiger partial charge in [-0.05, 0) is 20.8 Å². The van der Waals surface area contributed by atoms with Gasteiger partial charge in [0.05, 0.1) is 5.41 Å². The summed E-state index contributed by atoms with van der Waals surface area (Å²) in [5.74, 6) is -0.446. The molecular weight excluding hydrogens is 256 g/mol. The Balaban J connectivity index is 2.60. The highest BCUT2D eigenvalue weighted by atomic mass is 16.7. The molecule has 3 N–H and O–H groups in total. The van der Waals surface area contributed by atoms with Gasteiger partial charge in [-0.1, -0.05) is 0 Å². The Morgan fingerprint density at radius 1 is 1.16 bits per heavy atom. The van der Waals surface area contributed by atoms with Crippen LogP contribution in [0.5, 0.6) is 0 Å². The van der Waals surface area contributed by atoms with E-state index in [0.29, 0.717) is 0 Å². The number of rotatable bonds is 3. The fourth-order valence-corrected chi connectivity index (χ4v) is 1.62. The van der Waals surface area contributed by atoms with Crippen LogP contribution in [-0.2, 0) is 19.0 Å². The van der Waals surface area contributed by atoms with Gasteiger partial charge >= 0.3 is 5.97 Å². The molecule has 0 aromatic heterocycles. The van der Waals surface area contributed by atoms with Gasteiger partial charge in [-0.2, -0.15) is 0 Å². The summed E-state index contributed by atoms with van der Waals surface area (Å²) in [5.41, 5.74) is -0.668. The Kier molecular flexibility index (Phi) is 5.28. The number of esters is 1. The van der Waals surface area contributed by atoms with Crippen molar-refractivity contribution in [3.05, 3.63) is 0 Å². The minimum absolute atomic E-state index is 0.221. The van der Waals surface area contributed by atoms with Gasteiger partial charge in [-0.3, -0.25) is 4.79 Å². The molecule has 1 heterocycles. The van der Waals surface area contributed by atoms with Crippen LogP contribution in [0.1, 0.15) is 20.8 Å². The van der Waals surface area contributed by atoms with E-state index in [2.05, 4.69) is 0 Å². The van der Waals surface area contributed by atoms with Crippen molar-refractivity contribution in [2.75, 3.05) is 13.7 Å². The molecule has 1 fully saturated rings. The lowest BCUT2D eigenvalue weighted by Crippen LogP contribution is -2.59. The average Bonchev–Trinajstić information content (AvgIpc) is 2.33. The maximum atomic E-state index is 11.6. The van der Waals surface area contributed by atoms with E-state index < -0.39 is 42.1 Å². The number of carbonyl (C=O) groups excluding carboxylic acids is 1. The quantitative estimate of drug-likeness (QED) is 0.570. The maximum absolute atomic E-state index is 11.6. The van der Waals surface area contributed by atoms with Crippen molar-refractivity contribution in [1.29, 1.82) is 0 Å². The van der Waals surface area contributed by atoms with Gasteiger partial charge in [0.1, 0.15) is 31.0 Å². The molecule has 0 amide bonds. The van der Waals surface area contributed by atoms with Crippen LogP contribution in [0.3, 0.4) is 0 Å². The molecule has 0 aromatic carbocycles. The van der Waals surface area contributed by atoms with E-state index in [-0.39, 0.29) is 6.61 Å². The molecule has 7 heteroatoms. The van der Waals surface area contributed by atoms with E-state index in [4.69, 9.17) is 14.2 Å². The SMILES string of the molecule is CO[C@H]1O[C@H](COC(=O)C(C)(C)C)[C@@H](O)[C@H](O)[C@@H]1O. The topological polar surface area (TPSA) is 105 Å². The highest BCUT2D eigenvalue weighted by Gasteiger charge is 2.44. The van der Waals surface area contributed by atoms with Gasteiger partial charge in [0, 0.05) is 7.11 Å². The molecule has 0 aliphatic carbocycles. The lowest BCUT2D eigenvalue weighted by molar-refractivity contribution is -0.295. The number of methoxy groups -OCH3 is 1. The lowest BCUT2D eigenvalue weighted by Gasteiger charge is -2.39. The molecule has 0 saturated carbocycles. The van der Waals surface area contributed by atoms with E-state index in [0.717, 1.165) is 0 Å². The predicted molar refractivity (Wildman–Crippen MR) is 64.1 cm³/mol. The summed E-state index contributed by atoms with van der Waals surface area (Å²) in [6.07, 6.45) is -6.15. The first-order valence-electron chi connectivity index (χ1n) is 6.08. The van der Waals surface area contributed by atoms with Gasteiger partial charge < -0.3 is 29.5 Å². The van der Waals surface area contributed by atoms with Crippen LogP contribution in [0, 0.1) is 5.41 Å². The van der Waals surface area contributed by atoms with Crippen molar-refractivity contribution in [3.63, 3.8) is 0 Å². The zero-order valence-electron chi connectivity index (χ0n) is 11.6. The predicted octanol–water partition coefficient (Wildman–Crippen LogP) is -0.970. The Morgan fingerprint density at radius 3 is 2.21 bits per heavy atom. The second-order valence-electron chi connectivity index (χ2n) is 5.60. The van der Waals surface area contributed by atoms with Crippen LogP contribution in [0.25, 0.3) is 0 Å². The van der Waals surface area contributed by atoms with Crippen molar-refractivity contribution in [3.8, 4) is 0 Å². The number of aliphatic hydroxyl groups excluding tert-OH is 3. The number of hydrogen-bond donors (Lipinski definition) is 3. The zero-order chi connectivity index (χ0) is 14.8. The summed E-state index contributed by atoms with van der Waals surface area (Å²) < 4.78 is 15.1. The van der Waals surface area contributed by atoms with Crippen LogP contribution >= 0.6 is 0 Å². The Morgan fingerprint density at radius 2 is 1.74 bits per heavy atom. The van der Waals surface area contributed by atoms with Gasteiger partial charge in [0.25, 0.3) is 0 Å². The van der Waals surface area contributed by atoms with Gasteiger partial charge in [0.15, 0.2) is 6.29 Å². The first-order valence-corrected chi connectivity index (χ1v) is 6.08. The first-order chi connectivity index (χ1) is 8.68. The van der Waals surface area contributed by atoms with Crippen LogP contribution in [0.15, 0.2) is 0 Å². The van der Waals surface area contributed by atoms with E-state index in [1.54, 1.807) is 20.8 Å². The molecule has 19 heavy (non-hydrogen) atoms. The number of aliphatic hydroxyl groups is 3. The summed E-state index contributed by atoms with van der Waals surface area (Å²) in [5, 5.41) is 29.0. The molecule has 1 aliphatic rings. The monoisotopic (exact) mass is 278 g/mol. The molecule has 1 saturated heterocycles. The molecule has 0 bridgehead atoms. The summed E-state index contributed by atoms with van der Waals surface area (Å²) >= 11 is 0. The smallest absolute Gasteiger partial charge is 0.311 e. The third-order valence-corrected chi connectivity index (χ3v) is 2.89. The molecule has 1 aliphatic heterocycles. The molecule has 112 valence electrons. The Hall–Kier alpha value is -0.730. The molecule has 1 rings (SSSR count). The molecule has 0 unspecified atom stereocenters. The first kappa shape index (κ1) is 16.3. The molecule has 5 atom stereocenters. The molecule has 7 nitrogen and oxygen atoms in total. The maximum Gasteiger partial charge on any atom is 0.311 e. The summed E-state index contributed by atoms with van der Waals surface area (Å²) in [6, 6.07) is 0. The molecule has 0 radical (unpaired) electrons. The third kappa shape index (κ3) is 3.87. The highest BCUT2D eigenvalue weighted by Crippen LogP contribution is 2.23. The van der Waals surface area contributed by atoms with Crippen molar-refractivity contribution in [2.45, 2.75) is 51.5 Å². The summed E-state index contributed by atoms with van der Waals surface area (Å²) in [7, 11) is 1.30. The normalized spacial score (nSPS) is 36.1. The van der Waals surface area contributed by atoms with Crippen LogP contribution in [0.2, 0.25) is 0 Å². The third-order valence-electron chi connectivity index (χ3n) is 2.89. The highest BCUT2D eigenvalue weighted by molar-refractivity contribution is 5.75. The van der Waals surface area contributed by atoms with E-state index in [1.165, 1.54) is 7.11 Å². The van der Waals surface area contributed by atoms with Gasteiger partial charge in [-0.15, -0.1) is 0 Å². The molecule has 0 aromatic rings. The van der Waals surface area contributed by atoms with Crippen molar-refractivity contribution in [1.82, 2.24) is 0 Å². The average molecular weight is 278 g/mol. The fraction of sp³-hybridized carbons (Fsp3) is 0.917. The van der Waals surface area contributed by atoms with E-state index >= 15 is 0 Å². The zero-order valence-corrected chi connectivity index (χ0v) is 11.6. The van der Waals surface area contributed by atoms with Crippen LogP contribution in [-0.4, -0.2) is 65.7 Å².